The molecular weight excluding hydrogens is 298 g/mol. The van der Waals surface area contributed by atoms with Gasteiger partial charge in [-0.3, -0.25) is 0 Å². The van der Waals surface area contributed by atoms with Crippen LogP contribution in [0, 0.1) is 13.8 Å². The summed E-state index contributed by atoms with van der Waals surface area (Å²) < 4.78 is 3.60. The Kier molecular flexibility index (Phi) is 7.85. The summed E-state index contributed by atoms with van der Waals surface area (Å²) in [5.41, 5.74) is 3.13. The minimum atomic E-state index is -0.233. The number of halogens is 2. The van der Waals surface area contributed by atoms with E-state index < -0.39 is 0 Å². The van der Waals surface area contributed by atoms with E-state index in [0.717, 1.165) is 16.4 Å². The predicted molar refractivity (Wildman–Crippen MR) is 60.6 cm³/mol. The van der Waals surface area contributed by atoms with E-state index in [4.69, 9.17) is 0 Å². The predicted octanol–water partition coefficient (Wildman–Crippen LogP) is -3.59. The average molecular weight is 310 g/mol. The van der Waals surface area contributed by atoms with Crippen molar-refractivity contribution in [2.45, 2.75) is 13.8 Å². The average Bonchev–Trinajstić information content (AvgIpc) is 2.65. The Hall–Kier alpha value is 1.01. The van der Waals surface area contributed by atoms with E-state index in [-0.39, 0.29) is 47.7 Å². The summed E-state index contributed by atoms with van der Waals surface area (Å²) in [6, 6.07) is 4.60. The number of aryl methyl sites for hydroxylation is 2. The third-order valence-corrected chi connectivity index (χ3v) is 9.44. The van der Waals surface area contributed by atoms with Crippen LogP contribution in [-0.4, -0.2) is 0 Å². The molecule has 0 aliphatic carbocycles. The van der Waals surface area contributed by atoms with Crippen molar-refractivity contribution in [3.63, 3.8) is 0 Å². The molecule has 0 bridgehead atoms. The summed E-state index contributed by atoms with van der Waals surface area (Å²) in [6.07, 6.45) is 0. The van der Waals surface area contributed by atoms with Gasteiger partial charge >= 0.3 is 94.1 Å². The van der Waals surface area contributed by atoms with Crippen LogP contribution in [0.25, 0.3) is 0 Å². The molecule has 2 aromatic rings. The first-order valence-corrected chi connectivity index (χ1v) is 8.36. The Morgan fingerprint density at radius 1 is 0.867 bits per heavy atom. The van der Waals surface area contributed by atoms with Crippen LogP contribution in [0.1, 0.15) is 11.1 Å². The van der Waals surface area contributed by atoms with E-state index in [1.807, 2.05) is 0 Å². The zero-order chi connectivity index (χ0) is 9.26. The van der Waals surface area contributed by atoms with Crippen LogP contribution < -0.4 is 30.9 Å². The van der Waals surface area contributed by atoms with Crippen LogP contribution >= 0.6 is 16.4 Å². The van der Waals surface area contributed by atoms with E-state index in [2.05, 4.69) is 37.6 Å². The largest absolute Gasteiger partial charge is 1.00 e. The molecule has 0 saturated heterocycles. The molecule has 2 aromatic heterocycles. The molecule has 0 fully saturated rings. The molecule has 0 spiro atoms. The Bertz CT molecular complexity index is 371. The molecule has 0 aliphatic rings. The normalized spacial score (nSPS) is 9.73. The first kappa shape index (κ1) is 16.0. The van der Waals surface area contributed by atoms with Gasteiger partial charge in [-0.15, -0.1) is 0 Å². The van der Waals surface area contributed by atoms with E-state index in [0.29, 0.717) is 0 Å². The van der Waals surface area contributed by atoms with Gasteiger partial charge in [0.15, 0.2) is 0 Å². The van der Waals surface area contributed by atoms with E-state index in [9.17, 15) is 0 Å². The van der Waals surface area contributed by atoms with Gasteiger partial charge in [0.2, 0.25) is 0 Å². The molecule has 0 radical (unpaired) electrons. The second-order valence-electron chi connectivity index (χ2n) is 3.29. The minimum Gasteiger partial charge on any atom is -1.00 e. The maximum atomic E-state index is 2.34. The van der Waals surface area contributed by atoms with Crippen LogP contribution in [0.3, 0.4) is 0 Å². The first-order valence-electron chi connectivity index (χ1n) is 4.40. The van der Waals surface area contributed by atoms with Crippen molar-refractivity contribution in [2.75, 3.05) is 0 Å². The van der Waals surface area contributed by atoms with Gasteiger partial charge in [-0.25, -0.2) is 0 Å². The molecule has 0 aromatic carbocycles. The molecule has 2 rings (SSSR count). The molecule has 2 heterocycles. The summed E-state index contributed by atoms with van der Waals surface area (Å²) in [4.78, 5) is 0. The van der Waals surface area contributed by atoms with Gasteiger partial charge in [0.1, 0.15) is 0 Å². The van der Waals surface area contributed by atoms with Crippen molar-refractivity contribution >= 4 is 22.5 Å². The van der Waals surface area contributed by atoms with Crippen LogP contribution in [-0.2, 0) is 22.9 Å². The standard InChI is InChI=1S/2C5H6P.2ClH.Sc/c2*1-5-2-3-6-4-5;;;/h2*2-3,6H,1H3;2*1H;/q;;;;+2/p-2. The third kappa shape index (κ3) is 4.06. The van der Waals surface area contributed by atoms with Gasteiger partial charge in [0.05, 0.1) is 0 Å². The smallest absolute Gasteiger partial charge is 1.00 e. The zero-order valence-corrected chi connectivity index (χ0v) is 14.0. The summed E-state index contributed by atoms with van der Waals surface area (Å²) in [5, 5.41) is 0. The maximum absolute atomic E-state index is 2.34. The van der Waals surface area contributed by atoms with E-state index in [1.54, 1.807) is 17.2 Å². The Morgan fingerprint density at radius 2 is 1.27 bits per heavy atom. The molecule has 0 nitrogen and oxygen atoms in total. The monoisotopic (exact) mass is 309 g/mol. The van der Waals surface area contributed by atoms with Gasteiger partial charge < -0.3 is 24.8 Å². The zero-order valence-electron chi connectivity index (χ0n) is 8.64. The number of rotatable bonds is 2. The van der Waals surface area contributed by atoms with Gasteiger partial charge in [-0.05, 0) is 0 Å². The van der Waals surface area contributed by atoms with Crippen molar-refractivity contribution in [1.82, 2.24) is 0 Å². The molecule has 2 unspecified atom stereocenters. The van der Waals surface area contributed by atoms with Crippen molar-refractivity contribution in [3.05, 3.63) is 34.9 Å². The Balaban J connectivity index is 0.000000980. The quantitative estimate of drug-likeness (QED) is 0.538. The number of hydrogen-bond donors (Lipinski definition) is 0. The fourth-order valence-corrected chi connectivity index (χ4v) is 8.12. The molecule has 0 N–H and O–H groups in total. The fraction of sp³-hybridized carbons (Fsp3) is 0.200. The fourth-order valence-electron chi connectivity index (χ4n) is 1.38. The maximum Gasteiger partial charge on any atom is -1.00 e. The minimum absolute atomic E-state index is 0. The molecule has 0 saturated carbocycles. The Labute approximate surface area is 118 Å². The molecule has 15 heavy (non-hydrogen) atoms. The van der Waals surface area contributed by atoms with Crippen LogP contribution in [0.5, 0.6) is 0 Å². The van der Waals surface area contributed by atoms with Crippen molar-refractivity contribution in [3.8, 4) is 0 Å². The van der Waals surface area contributed by atoms with Crippen LogP contribution in [0.4, 0.5) is 0 Å². The van der Waals surface area contributed by atoms with Crippen molar-refractivity contribution < 1.29 is 47.7 Å². The van der Waals surface area contributed by atoms with E-state index in [1.165, 1.54) is 0 Å². The summed E-state index contributed by atoms with van der Waals surface area (Å²) in [6.45, 7) is 4.54. The summed E-state index contributed by atoms with van der Waals surface area (Å²) in [5.74, 6) is 4.67. The van der Waals surface area contributed by atoms with Gasteiger partial charge in [-0.1, -0.05) is 0 Å². The van der Waals surface area contributed by atoms with Gasteiger partial charge in [0, 0.05) is 0 Å². The van der Waals surface area contributed by atoms with E-state index >= 15 is 0 Å². The second-order valence-corrected chi connectivity index (χ2v) is 9.67. The summed E-state index contributed by atoms with van der Waals surface area (Å²) in [7, 11) is 2.01. The van der Waals surface area contributed by atoms with Crippen LogP contribution in [0.15, 0.2) is 23.7 Å². The summed E-state index contributed by atoms with van der Waals surface area (Å²) >= 11 is -0.233. The van der Waals surface area contributed by atoms with Gasteiger partial charge in [-0.2, -0.15) is 0 Å². The SMILES string of the molecule is Cc1cc[pH][c]1[Sc+2][c]1[pH]ccc1C.[Cl-].[Cl-]. The first-order chi connectivity index (χ1) is 6.27. The molecule has 0 aliphatic heterocycles. The number of hydrogen-bond acceptors (Lipinski definition) is 0. The van der Waals surface area contributed by atoms with Crippen LogP contribution in [0.2, 0.25) is 0 Å². The Morgan fingerprint density at radius 3 is 1.53 bits per heavy atom. The molecular formula is C10H12Cl2P2Sc. The molecule has 0 amide bonds. The second kappa shape index (κ2) is 7.36. The molecule has 2 atom stereocenters. The molecule has 5 heteroatoms. The van der Waals surface area contributed by atoms with Crippen molar-refractivity contribution in [1.29, 1.82) is 0 Å². The topological polar surface area (TPSA) is 0 Å². The molecule has 79 valence electrons. The third-order valence-electron chi connectivity index (χ3n) is 2.28. The van der Waals surface area contributed by atoms with Crippen molar-refractivity contribution in [2.24, 2.45) is 0 Å². The van der Waals surface area contributed by atoms with Gasteiger partial charge in [0.25, 0.3) is 0 Å².